The summed E-state index contributed by atoms with van der Waals surface area (Å²) >= 11 is 5.79. The van der Waals surface area contributed by atoms with Crippen molar-refractivity contribution >= 4 is 29.0 Å². The van der Waals surface area contributed by atoms with Gasteiger partial charge in [-0.2, -0.15) is 0 Å². The van der Waals surface area contributed by atoms with E-state index in [2.05, 4.69) is 0 Å². The Labute approximate surface area is 136 Å². The molecule has 2 rings (SSSR count). The molecule has 118 valence electrons. The van der Waals surface area contributed by atoms with Crippen LogP contribution in [-0.2, 0) is 4.74 Å². The highest BCUT2D eigenvalue weighted by atomic mass is 35.5. The van der Waals surface area contributed by atoms with E-state index in [0.29, 0.717) is 10.6 Å². The zero-order valence-electron chi connectivity index (χ0n) is 12.1. The summed E-state index contributed by atoms with van der Waals surface area (Å²) in [5, 5.41) is 11.3. The maximum absolute atomic E-state index is 12.0. The molecule has 0 fully saturated rings. The molecule has 2 aromatic rings. The fraction of sp³-hybridized carbons (Fsp3) is 0.125. The Balaban J connectivity index is 2.10. The molecular formula is C16H12ClNO5. The predicted octanol–water partition coefficient (Wildman–Crippen LogP) is 3.60. The van der Waals surface area contributed by atoms with Crippen LogP contribution in [-0.4, -0.2) is 23.3 Å². The summed E-state index contributed by atoms with van der Waals surface area (Å²) in [6.45, 7) is 0.981. The van der Waals surface area contributed by atoms with Crippen LogP contribution in [0.25, 0.3) is 0 Å². The number of halogens is 1. The van der Waals surface area contributed by atoms with Gasteiger partial charge in [0.25, 0.3) is 5.69 Å². The van der Waals surface area contributed by atoms with Crippen LogP contribution in [0, 0.1) is 17.0 Å². The minimum atomic E-state index is -0.790. The van der Waals surface area contributed by atoms with Crippen LogP contribution in [0.4, 0.5) is 5.69 Å². The maximum atomic E-state index is 12.0. The quantitative estimate of drug-likeness (QED) is 0.361. The van der Waals surface area contributed by atoms with Crippen LogP contribution in [0.5, 0.6) is 0 Å². The maximum Gasteiger partial charge on any atom is 0.339 e. The molecule has 0 aliphatic heterocycles. The van der Waals surface area contributed by atoms with Crippen molar-refractivity contribution in [3.8, 4) is 0 Å². The number of Topliss-reactive ketones (excluding diaryl/α,β-unsaturated/α-hetero) is 1. The van der Waals surface area contributed by atoms with E-state index in [1.807, 2.05) is 0 Å². The molecule has 0 N–H and O–H groups in total. The summed E-state index contributed by atoms with van der Waals surface area (Å²) in [6.07, 6.45) is 0. The Morgan fingerprint density at radius 3 is 2.57 bits per heavy atom. The number of hydrogen-bond donors (Lipinski definition) is 0. The monoisotopic (exact) mass is 333 g/mol. The van der Waals surface area contributed by atoms with Crippen LogP contribution in [0.2, 0.25) is 5.02 Å². The number of hydrogen-bond acceptors (Lipinski definition) is 5. The first kappa shape index (κ1) is 16.6. The Morgan fingerprint density at radius 2 is 1.91 bits per heavy atom. The first-order valence-electron chi connectivity index (χ1n) is 6.60. The van der Waals surface area contributed by atoms with Crippen LogP contribution >= 0.6 is 11.6 Å². The molecule has 7 heteroatoms. The van der Waals surface area contributed by atoms with Gasteiger partial charge in [0.1, 0.15) is 0 Å². The smallest absolute Gasteiger partial charge is 0.339 e. The number of carbonyl (C=O) groups is 2. The molecule has 0 bridgehead atoms. The molecule has 0 unspecified atom stereocenters. The van der Waals surface area contributed by atoms with Gasteiger partial charge in [-0.05, 0) is 25.1 Å². The van der Waals surface area contributed by atoms with E-state index >= 15 is 0 Å². The molecule has 0 saturated carbocycles. The first-order chi connectivity index (χ1) is 10.9. The van der Waals surface area contributed by atoms with Crippen LogP contribution in [0.1, 0.15) is 26.3 Å². The van der Waals surface area contributed by atoms with Crippen molar-refractivity contribution in [2.24, 2.45) is 0 Å². The van der Waals surface area contributed by atoms with E-state index in [9.17, 15) is 19.7 Å². The topological polar surface area (TPSA) is 86.5 Å². The average Bonchev–Trinajstić information content (AvgIpc) is 2.52. The minimum absolute atomic E-state index is 0.0538. The summed E-state index contributed by atoms with van der Waals surface area (Å²) in [6, 6.07) is 10.4. The normalized spacial score (nSPS) is 10.2. The fourth-order valence-corrected chi connectivity index (χ4v) is 2.19. The van der Waals surface area contributed by atoms with E-state index in [1.165, 1.54) is 31.2 Å². The van der Waals surface area contributed by atoms with Gasteiger partial charge in [0, 0.05) is 22.2 Å². The average molecular weight is 334 g/mol. The van der Waals surface area contributed by atoms with Gasteiger partial charge in [-0.3, -0.25) is 14.9 Å². The molecule has 6 nitrogen and oxygen atoms in total. The summed E-state index contributed by atoms with van der Waals surface area (Å²) in [7, 11) is 0. The Kier molecular flexibility index (Phi) is 5.08. The fourth-order valence-electron chi connectivity index (χ4n) is 2.00. The van der Waals surface area contributed by atoms with Gasteiger partial charge in [-0.25, -0.2) is 4.79 Å². The second-order valence-corrected chi connectivity index (χ2v) is 5.15. The Hall–Kier alpha value is -2.73. The van der Waals surface area contributed by atoms with Crippen molar-refractivity contribution in [2.45, 2.75) is 6.92 Å². The van der Waals surface area contributed by atoms with Gasteiger partial charge in [-0.1, -0.05) is 29.8 Å². The predicted molar refractivity (Wildman–Crippen MR) is 83.9 cm³/mol. The lowest BCUT2D eigenvalue weighted by molar-refractivity contribution is -0.385. The molecule has 0 amide bonds. The molecule has 0 heterocycles. The van der Waals surface area contributed by atoms with Crippen LogP contribution in [0.15, 0.2) is 42.5 Å². The summed E-state index contributed by atoms with van der Waals surface area (Å²) in [4.78, 5) is 34.3. The molecule has 0 saturated heterocycles. The zero-order chi connectivity index (χ0) is 17.0. The lowest BCUT2D eigenvalue weighted by atomic mass is 10.1. The van der Waals surface area contributed by atoms with Crippen molar-refractivity contribution in [3.63, 3.8) is 0 Å². The van der Waals surface area contributed by atoms with E-state index < -0.39 is 23.3 Å². The number of nitro groups is 1. The van der Waals surface area contributed by atoms with Gasteiger partial charge in [-0.15, -0.1) is 0 Å². The van der Waals surface area contributed by atoms with Crippen molar-refractivity contribution < 1.29 is 19.2 Å². The van der Waals surface area contributed by atoms with Crippen molar-refractivity contribution in [3.05, 3.63) is 74.3 Å². The molecular weight excluding hydrogens is 322 g/mol. The van der Waals surface area contributed by atoms with E-state index in [0.717, 1.165) is 0 Å². The van der Waals surface area contributed by atoms with Gasteiger partial charge >= 0.3 is 5.97 Å². The summed E-state index contributed by atoms with van der Waals surface area (Å²) in [5.74, 6) is -1.20. The third-order valence-corrected chi connectivity index (χ3v) is 3.44. The van der Waals surface area contributed by atoms with Gasteiger partial charge < -0.3 is 4.74 Å². The number of ketones is 1. The molecule has 0 aromatic heterocycles. The number of nitrogens with zero attached hydrogens (tertiary/aromatic N) is 1. The first-order valence-corrected chi connectivity index (χ1v) is 6.98. The lowest BCUT2D eigenvalue weighted by Crippen LogP contribution is -2.15. The van der Waals surface area contributed by atoms with Gasteiger partial charge in [0.15, 0.2) is 12.4 Å². The lowest BCUT2D eigenvalue weighted by Gasteiger charge is -2.07. The molecule has 0 aliphatic carbocycles. The highest BCUT2D eigenvalue weighted by Crippen LogP contribution is 2.21. The minimum Gasteiger partial charge on any atom is -0.454 e. The van der Waals surface area contributed by atoms with Gasteiger partial charge in [0.05, 0.1) is 10.5 Å². The van der Waals surface area contributed by atoms with E-state index in [-0.39, 0.29) is 16.8 Å². The van der Waals surface area contributed by atoms with Crippen LogP contribution in [0.3, 0.4) is 0 Å². The Morgan fingerprint density at radius 1 is 1.22 bits per heavy atom. The van der Waals surface area contributed by atoms with Crippen molar-refractivity contribution in [1.29, 1.82) is 0 Å². The zero-order valence-corrected chi connectivity index (χ0v) is 12.9. The highest BCUT2D eigenvalue weighted by molar-refractivity contribution is 6.31. The SMILES string of the molecule is Cc1c(C(=O)OCC(=O)c2cccc(Cl)c2)cccc1[N+](=O)[O-]. The number of carbonyl (C=O) groups excluding carboxylic acids is 2. The largest absolute Gasteiger partial charge is 0.454 e. The third-order valence-electron chi connectivity index (χ3n) is 3.20. The number of esters is 1. The molecule has 0 atom stereocenters. The van der Waals surface area contributed by atoms with Crippen molar-refractivity contribution in [1.82, 2.24) is 0 Å². The highest BCUT2D eigenvalue weighted by Gasteiger charge is 2.20. The number of rotatable bonds is 5. The number of nitro benzene ring substituents is 1. The van der Waals surface area contributed by atoms with E-state index in [4.69, 9.17) is 16.3 Å². The molecule has 0 radical (unpaired) electrons. The number of benzene rings is 2. The second-order valence-electron chi connectivity index (χ2n) is 4.72. The third kappa shape index (κ3) is 3.92. The van der Waals surface area contributed by atoms with Crippen LogP contribution < -0.4 is 0 Å². The molecule has 23 heavy (non-hydrogen) atoms. The van der Waals surface area contributed by atoms with Crippen molar-refractivity contribution in [2.75, 3.05) is 6.61 Å². The number of ether oxygens (including phenoxy) is 1. The second kappa shape index (κ2) is 7.02. The molecule has 0 aliphatic rings. The summed E-state index contributed by atoms with van der Waals surface area (Å²) in [5.41, 5.74) is 0.387. The Bertz CT molecular complexity index is 788. The molecule has 2 aromatic carbocycles. The van der Waals surface area contributed by atoms with E-state index in [1.54, 1.807) is 18.2 Å². The molecule has 0 spiro atoms. The standard InChI is InChI=1S/C16H12ClNO5/c1-10-13(6-3-7-14(10)18(21)22)16(20)23-9-15(19)11-4-2-5-12(17)8-11/h2-8H,9H2,1H3. The summed E-state index contributed by atoms with van der Waals surface area (Å²) < 4.78 is 4.95. The van der Waals surface area contributed by atoms with Gasteiger partial charge in [0.2, 0.25) is 0 Å².